The number of nitrogens with two attached hydrogens (primary N) is 1. The second kappa shape index (κ2) is 4.02. The minimum absolute atomic E-state index is 0.0957. The molecule has 3 rings (SSSR count). The number of imidazole rings is 1. The van der Waals surface area contributed by atoms with E-state index >= 15 is 0 Å². The number of hydrogen-bond donors (Lipinski definition) is 2. The third-order valence-electron chi connectivity index (χ3n) is 3.32. The Hall–Kier alpha value is -2.49. The van der Waals surface area contributed by atoms with Crippen LogP contribution in [0.3, 0.4) is 0 Å². The smallest absolute Gasteiger partial charge is 0.140 e. The van der Waals surface area contributed by atoms with Crippen molar-refractivity contribution < 1.29 is 5.11 Å². The van der Waals surface area contributed by atoms with Crippen molar-refractivity contribution >= 4 is 16.7 Å². The van der Waals surface area contributed by atoms with Gasteiger partial charge in [-0.1, -0.05) is 6.07 Å². The second-order valence-electron chi connectivity index (χ2n) is 4.76. The Morgan fingerprint density at radius 3 is 2.68 bits per heavy atom. The van der Waals surface area contributed by atoms with Crippen molar-refractivity contribution in [3.63, 3.8) is 0 Å². The normalized spacial score (nSPS) is 11.1. The number of aromatic nitrogens is 2. The summed E-state index contributed by atoms with van der Waals surface area (Å²) in [6.45, 7) is 2.05. The van der Waals surface area contributed by atoms with Gasteiger partial charge in [0, 0.05) is 12.6 Å². The monoisotopic (exact) mass is 253 g/mol. The van der Waals surface area contributed by atoms with Crippen LogP contribution < -0.4 is 5.73 Å². The molecule has 0 fully saturated rings. The van der Waals surface area contributed by atoms with Crippen molar-refractivity contribution in [1.82, 2.24) is 9.55 Å². The van der Waals surface area contributed by atoms with E-state index in [9.17, 15) is 5.11 Å². The van der Waals surface area contributed by atoms with E-state index in [2.05, 4.69) is 23.2 Å². The summed E-state index contributed by atoms with van der Waals surface area (Å²) in [4.78, 5) is 4.64. The van der Waals surface area contributed by atoms with Crippen LogP contribution in [0.2, 0.25) is 0 Å². The zero-order chi connectivity index (χ0) is 13.6. The summed E-state index contributed by atoms with van der Waals surface area (Å²) >= 11 is 0. The molecule has 4 heteroatoms. The molecule has 0 atom stereocenters. The Morgan fingerprint density at radius 2 is 1.95 bits per heavy atom. The molecule has 96 valence electrons. The molecule has 0 aliphatic rings. The SMILES string of the molecule is Cc1ccc2c(c1)nc(-c1ccc(O)c(N)c1)n2C. The minimum Gasteiger partial charge on any atom is -0.506 e. The maximum absolute atomic E-state index is 9.48. The lowest BCUT2D eigenvalue weighted by Gasteiger charge is -2.04. The zero-order valence-corrected chi connectivity index (χ0v) is 10.9. The fraction of sp³-hybridized carbons (Fsp3) is 0.133. The summed E-state index contributed by atoms with van der Waals surface area (Å²) in [5, 5.41) is 9.48. The number of rotatable bonds is 1. The van der Waals surface area contributed by atoms with Crippen LogP contribution in [0, 0.1) is 6.92 Å². The van der Waals surface area contributed by atoms with Gasteiger partial charge in [0.05, 0.1) is 16.7 Å². The molecule has 0 saturated carbocycles. The van der Waals surface area contributed by atoms with Crippen LogP contribution >= 0.6 is 0 Å². The van der Waals surface area contributed by atoms with Crippen molar-refractivity contribution in [3.8, 4) is 17.1 Å². The number of aryl methyl sites for hydroxylation is 2. The van der Waals surface area contributed by atoms with E-state index in [4.69, 9.17) is 5.73 Å². The van der Waals surface area contributed by atoms with Gasteiger partial charge >= 0.3 is 0 Å². The van der Waals surface area contributed by atoms with E-state index in [0.717, 1.165) is 22.4 Å². The van der Waals surface area contributed by atoms with Crippen LogP contribution in [-0.4, -0.2) is 14.7 Å². The summed E-state index contributed by atoms with van der Waals surface area (Å²) in [7, 11) is 1.98. The van der Waals surface area contributed by atoms with Gasteiger partial charge in [-0.15, -0.1) is 0 Å². The van der Waals surface area contributed by atoms with Crippen LogP contribution in [-0.2, 0) is 7.05 Å². The van der Waals surface area contributed by atoms with Crippen LogP contribution in [0.5, 0.6) is 5.75 Å². The third-order valence-corrected chi connectivity index (χ3v) is 3.32. The molecule has 0 amide bonds. The molecule has 1 aromatic heterocycles. The van der Waals surface area contributed by atoms with Crippen molar-refractivity contribution in [1.29, 1.82) is 0 Å². The molecule has 0 unspecified atom stereocenters. The van der Waals surface area contributed by atoms with E-state index in [0.29, 0.717) is 5.69 Å². The van der Waals surface area contributed by atoms with Gasteiger partial charge in [0.1, 0.15) is 11.6 Å². The van der Waals surface area contributed by atoms with Gasteiger partial charge in [-0.2, -0.15) is 0 Å². The number of anilines is 1. The molecule has 2 aromatic carbocycles. The number of benzene rings is 2. The summed E-state index contributed by atoms with van der Waals surface area (Å²) in [5.74, 6) is 0.936. The fourth-order valence-corrected chi connectivity index (χ4v) is 2.26. The molecule has 3 N–H and O–H groups in total. The van der Waals surface area contributed by atoms with Crippen molar-refractivity contribution in [2.24, 2.45) is 7.05 Å². The molecule has 0 aliphatic carbocycles. The first-order chi connectivity index (χ1) is 9.06. The average molecular weight is 253 g/mol. The number of fused-ring (bicyclic) bond motifs is 1. The van der Waals surface area contributed by atoms with Gasteiger partial charge in [-0.25, -0.2) is 4.98 Å². The van der Waals surface area contributed by atoms with Gasteiger partial charge in [0.2, 0.25) is 0 Å². The minimum atomic E-state index is 0.0957. The second-order valence-corrected chi connectivity index (χ2v) is 4.76. The number of nitrogen functional groups attached to an aromatic ring is 1. The first-order valence-electron chi connectivity index (χ1n) is 6.08. The predicted octanol–water partition coefficient (Wildman–Crippen LogP) is 2.84. The molecule has 0 spiro atoms. The Bertz CT molecular complexity index is 774. The summed E-state index contributed by atoms with van der Waals surface area (Å²) in [6.07, 6.45) is 0. The van der Waals surface area contributed by atoms with E-state index in [1.165, 1.54) is 5.56 Å². The van der Waals surface area contributed by atoms with Crippen LogP contribution in [0.15, 0.2) is 36.4 Å². The first-order valence-corrected chi connectivity index (χ1v) is 6.08. The number of phenols is 1. The molecule has 0 saturated heterocycles. The van der Waals surface area contributed by atoms with Gasteiger partial charge in [0.25, 0.3) is 0 Å². The highest BCUT2D eigenvalue weighted by molar-refractivity contribution is 5.82. The highest BCUT2D eigenvalue weighted by atomic mass is 16.3. The van der Waals surface area contributed by atoms with E-state index in [1.807, 2.05) is 24.6 Å². The largest absolute Gasteiger partial charge is 0.506 e. The number of hydrogen-bond acceptors (Lipinski definition) is 3. The highest BCUT2D eigenvalue weighted by Gasteiger charge is 2.11. The number of nitrogens with zero attached hydrogens (tertiary/aromatic N) is 2. The van der Waals surface area contributed by atoms with Gasteiger partial charge < -0.3 is 15.4 Å². The highest BCUT2D eigenvalue weighted by Crippen LogP contribution is 2.29. The third kappa shape index (κ3) is 1.81. The van der Waals surface area contributed by atoms with E-state index in [-0.39, 0.29) is 5.75 Å². The lowest BCUT2D eigenvalue weighted by atomic mass is 10.2. The van der Waals surface area contributed by atoms with Gasteiger partial charge in [-0.05, 0) is 42.8 Å². The lowest BCUT2D eigenvalue weighted by molar-refractivity contribution is 0.478. The number of phenolic OH excluding ortho intramolecular Hbond substituents is 1. The Kier molecular flexibility index (Phi) is 2.45. The van der Waals surface area contributed by atoms with E-state index in [1.54, 1.807) is 12.1 Å². The molecule has 4 nitrogen and oxygen atoms in total. The Morgan fingerprint density at radius 1 is 1.16 bits per heavy atom. The van der Waals surface area contributed by atoms with E-state index < -0.39 is 0 Å². The summed E-state index contributed by atoms with van der Waals surface area (Å²) in [6, 6.07) is 11.3. The molecule has 1 heterocycles. The molecule has 3 aromatic rings. The lowest BCUT2D eigenvalue weighted by Crippen LogP contribution is -1.94. The topological polar surface area (TPSA) is 64.1 Å². The van der Waals surface area contributed by atoms with Crippen molar-refractivity contribution in [2.75, 3.05) is 5.73 Å². The van der Waals surface area contributed by atoms with Crippen molar-refractivity contribution in [2.45, 2.75) is 6.92 Å². The molecular weight excluding hydrogens is 238 g/mol. The Balaban J connectivity index is 2.24. The van der Waals surface area contributed by atoms with Crippen LogP contribution in [0.25, 0.3) is 22.4 Å². The molecule has 0 bridgehead atoms. The maximum atomic E-state index is 9.48. The summed E-state index contributed by atoms with van der Waals surface area (Å²) in [5.41, 5.74) is 10.2. The standard InChI is InChI=1S/C15H15N3O/c1-9-3-5-13-12(7-9)17-15(18(13)2)10-4-6-14(19)11(16)8-10/h3-8,19H,16H2,1-2H3. The van der Waals surface area contributed by atoms with Crippen molar-refractivity contribution in [3.05, 3.63) is 42.0 Å². The van der Waals surface area contributed by atoms with Gasteiger partial charge in [0.15, 0.2) is 0 Å². The van der Waals surface area contributed by atoms with Crippen LogP contribution in [0.1, 0.15) is 5.56 Å². The summed E-state index contributed by atoms with van der Waals surface area (Å²) < 4.78 is 2.03. The quantitative estimate of drug-likeness (QED) is 0.517. The average Bonchev–Trinajstić information content (AvgIpc) is 2.70. The molecular formula is C15H15N3O. The molecule has 0 radical (unpaired) electrons. The zero-order valence-electron chi connectivity index (χ0n) is 10.9. The fourth-order valence-electron chi connectivity index (χ4n) is 2.26. The maximum Gasteiger partial charge on any atom is 0.140 e. The Labute approximate surface area is 111 Å². The molecule has 0 aliphatic heterocycles. The predicted molar refractivity (Wildman–Crippen MR) is 77.0 cm³/mol. The first kappa shape index (κ1) is 11.6. The van der Waals surface area contributed by atoms with Gasteiger partial charge in [-0.3, -0.25) is 0 Å². The molecule has 19 heavy (non-hydrogen) atoms. The number of aromatic hydroxyl groups is 1. The van der Waals surface area contributed by atoms with Crippen LogP contribution in [0.4, 0.5) is 5.69 Å².